The molecule has 2 fully saturated rings. The van der Waals surface area contributed by atoms with Crippen LogP contribution in [0.3, 0.4) is 0 Å². The van der Waals surface area contributed by atoms with Crippen molar-refractivity contribution in [2.24, 2.45) is 5.92 Å². The van der Waals surface area contributed by atoms with E-state index < -0.39 is 5.97 Å². The lowest BCUT2D eigenvalue weighted by Crippen LogP contribution is -2.40. The molecule has 1 N–H and O–H groups in total. The van der Waals surface area contributed by atoms with Crippen LogP contribution in [-0.4, -0.2) is 45.1 Å². The second-order valence-electron chi connectivity index (χ2n) is 6.95. The number of likely N-dealkylation sites (tertiary alicyclic amines) is 1. The fourth-order valence-corrected chi connectivity index (χ4v) is 3.28. The molecule has 0 unspecified atom stereocenters. The largest absolute Gasteiger partial charge is 0.481 e. The standard InChI is InChI=1S/C17H25N3O4/c21-15(20-10-2-3-12(11-20)6-9-16(22)23)5-1-4-14-18-17(19-24-14)13-7-8-13/h12-13H,1-11H2,(H,22,23)/t12-/m1/s1. The number of nitrogens with zero attached hydrogens (tertiary/aromatic N) is 3. The molecule has 3 rings (SSSR count). The molecule has 1 aromatic rings. The number of piperidine rings is 1. The summed E-state index contributed by atoms with van der Waals surface area (Å²) in [6.45, 7) is 1.48. The minimum atomic E-state index is -0.761. The van der Waals surface area contributed by atoms with Crippen molar-refractivity contribution >= 4 is 11.9 Å². The summed E-state index contributed by atoms with van der Waals surface area (Å²) in [6.07, 6.45) is 6.95. The van der Waals surface area contributed by atoms with Crippen LogP contribution in [0.25, 0.3) is 0 Å². The number of rotatable bonds is 8. The van der Waals surface area contributed by atoms with Gasteiger partial charge in [-0.3, -0.25) is 9.59 Å². The van der Waals surface area contributed by atoms with Gasteiger partial charge in [-0.15, -0.1) is 0 Å². The third-order valence-corrected chi connectivity index (χ3v) is 4.85. The van der Waals surface area contributed by atoms with Crippen LogP contribution >= 0.6 is 0 Å². The number of aromatic nitrogens is 2. The second-order valence-corrected chi connectivity index (χ2v) is 6.95. The summed E-state index contributed by atoms with van der Waals surface area (Å²) in [5, 5.41) is 12.8. The molecule has 1 saturated heterocycles. The highest BCUT2D eigenvalue weighted by Gasteiger charge is 2.29. The molecule has 1 aliphatic carbocycles. The van der Waals surface area contributed by atoms with Gasteiger partial charge in [0.1, 0.15) is 0 Å². The SMILES string of the molecule is O=C(O)CC[C@H]1CCCN(C(=O)CCCc2nc(C3CC3)no2)C1. The zero-order valence-corrected chi connectivity index (χ0v) is 13.9. The van der Waals surface area contributed by atoms with Gasteiger partial charge in [-0.2, -0.15) is 4.98 Å². The highest BCUT2D eigenvalue weighted by atomic mass is 16.5. The Kier molecular flexibility index (Phi) is 5.48. The zero-order chi connectivity index (χ0) is 16.9. The molecular weight excluding hydrogens is 310 g/mol. The van der Waals surface area contributed by atoms with Gasteiger partial charge in [-0.1, -0.05) is 5.16 Å². The van der Waals surface area contributed by atoms with E-state index in [1.165, 1.54) is 0 Å². The molecule has 0 aromatic carbocycles. The molecule has 7 heteroatoms. The van der Waals surface area contributed by atoms with E-state index >= 15 is 0 Å². The molecule has 2 heterocycles. The van der Waals surface area contributed by atoms with Gasteiger partial charge in [-0.25, -0.2) is 0 Å². The maximum Gasteiger partial charge on any atom is 0.303 e. The van der Waals surface area contributed by atoms with Gasteiger partial charge in [0, 0.05) is 38.3 Å². The van der Waals surface area contributed by atoms with Crippen molar-refractivity contribution in [1.82, 2.24) is 15.0 Å². The average Bonchev–Trinajstić information content (AvgIpc) is 3.32. The number of amides is 1. The van der Waals surface area contributed by atoms with Gasteiger partial charge >= 0.3 is 5.97 Å². The van der Waals surface area contributed by atoms with Gasteiger partial charge in [-0.05, 0) is 44.4 Å². The van der Waals surface area contributed by atoms with Gasteiger partial charge < -0.3 is 14.5 Å². The van der Waals surface area contributed by atoms with Gasteiger partial charge in [0.15, 0.2) is 5.82 Å². The van der Waals surface area contributed by atoms with Crippen LogP contribution in [0, 0.1) is 5.92 Å². The number of carbonyl (C=O) groups excluding carboxylic acids is 1. The van der Waals surface area contributed by atoms with Crippen molar-refractivity contribution in [3.63, 3.8) is 0 Å². The normalized spacial score (nSPS) is 21.0. The van der Waals surface area contributed by atoms with E-state index in [2.05, 4.69) is 10.1 Å². The number of carboxylic acid groups (broad SMARTS) is 1. The van der Waals surface area contributed by atoms with Crippen molar-refractivity contribution in [2.75, 3.05) is 13.1 Å². The molecule has 132 valence electrons. The summed E-state index contributed by atoms with van der Waals surface area (Å²) in [6, 6.07) is 0. The molecule has 2 aliphatic rings. The number of carbonyl (C=O) groups is 2. The van der Waals surface area contributed by atoms with Crippen LogP contribution < -0.4 is 0 Å². The molecule has 1 aromatic heterocycles. The maximum absolute atomic E-state index is 12.3. The Morgan fingerprint density at radius 3 is 2.83 bits per heavy atom. The molecule has 0 bridgehead atoms. The molecule has 1 saturated carbocycles. The third-order valence-electron chi connectivity index (χ3n) is 4.85. The average molecular weight is 335 g/mol. The van der Waals surface area contributed by atoms with E-state index in [1.54, 1.807) is 0 Å². The first kappa shape index (κ1) is 16.9. The van der Waals surface area contributed by atoms with Crippen molar-refractivity contribution in [3.05, 3.63) is 11.7 Å². The maximum atomic E-state index is 12.3. The molecule has 1 amide bonds. The zero-order valence-electron chi connectivity index (χ0n) is 13.9. The molecule has 0 spiro atoms. The number of aryl methyl sites for hydroxylation is 1. The molecule has 24 heavy (non-hydrogen) atoms. The lowest BCUT2D eigenvalue weighted by molar-refractivity contribution is -0.137. The summed E-state index contributed by atoms with van der Waals surface area (Å²) in [5.74, 6) is 1.63. The van der Waals surface area contributed by atoms with Crippen LogP contribution in [-0.2, 0) is 16.0 Å². The van der Waals surface area contributed by atoms with Crippen molar-refractivity contribution in [3.8, 4) is 0 Å². The lowest BCUT2D eigenvalue weighted by atomic mass is 9.93. The van der Waals surface area contributed by atoms with Crippen LogP contribution in [0.2, 0.25) is 0 Å². The second kappa shape index (κ2) is 7.77. The molecule has 0 radical (unpaired) electrons. The van der Waals surface area contributed by atoms with E-state index in [-0.39, 0.29) is 12.3 Å². The molecule has 1 atom stereocenters. The van der Waals surface area contributed by atoms with Crippen LogP contribution in [0.5, 0.6) is 0 Å². The van der Waals surface area contributed by atoms with Crippen LogP contribution in [0.15, 0.2) is 4.52 Å². The Morgan fingerprint density at radius 1 is 1.25 bits per heavy atom. The summed E-state index contributed by atoms with van der Waals surface area (Å²) in [5.41, 5.74) is 0. The van der Waals surface area contributed by atoms with Crippen molar-refractivity contribution < 1.29 is 19.2 Å². The number of aliphatic carboxylic acids is 1. The summed E-state index contributed by atoms with van der Waals surface area (Å²) >= 11 is 0. The Morgan fingerprint density at radius 2 is 2.08 bits per heavy atom. The molecule has 1 aliphatic heterocycles. The Bertz CT molecular complexity index is 582. The predicted molar refractivity (Wildman–Crippen MR) is 85.4 cm³/mol. The smallest absolute Gasteiger partial charge is 0.303 e. The van der Waals surface area contributed by atoms with E-state index in [0.29, 0.717) is 50.0 Å². The van der Waals surface area contributed by atoms with Crippen LogP contribution in [0.1, 0.15) is 69.0 Å². The van der Waals surface area contributed by atoms with Gasteiger partial charge in [0.05, 0.1) is 0 Å². The quantitative estimate of drug-likeness (QED) is 0.783. The van der Waals surface area contributed by atoms with E-state index in [4.69, 9.17) is 9.63 Å². The highest BCUT2D eigenvalue weighted by molar-refractivity contribution is 5.76. The highest BCUT2D eigenvalue weighted by Crippen LogP contribution is 2.38. The first-order chi connectivity index (χ1) is 11.6. The Hall–Kier alpha value is -1.92. The third kappa shape index (κ3) is 4.79. The molecule has 7 nitrogen and oxygen atoms in total. The van der Waals surface area contributed by atoms with E-state index in [0.717, 1.165) is 38.1 Å². The number of carboxylic acids is 1. The van der Waals surface area contributed by atoms with E-state index in [9.17, 15) is 9.59 Å². The van der Waals surface area contributed by atoms with Crippen molar-refractivity contribution in [1.29, 1.82) is 0 Å². The Balaban J connectivity index is 1.38. The van der Waals surface area contributed by atoms with Crippen molar-refractivity contribution in [2.45, 2.75) is 63.7 Å². The Labute approximate surface area is 141 Å². The monoisotopic (exact) mass is 335 g/mol. The van der Waals surface area contributed by atoms with Crippen LogP contribution in [0.4, 0.5) is 0 Å². The minimum absolute atomic E-state index is 0.150. The van der Waals surface area contributed by atoms with Gasteiger partial charge in [0.2, 0.25) is 11.8 Å². The first-order valence-corrected chi connectivity index (χ1v) is 8.94. The minimum Gasteiger partial charge on any atom is -0.481 e. The first-order valence-electron chi connectivity index (χ1n) is 8.94. The number of hydrogen-bond acceptors (Lipinski definition) is 5. The van der Waals surface area contributed by atoms with Gasteiger partial charge in [0.25, 0.3) is 0 Å². The summed E-state index contributed by atoms with van der Waals surface area (Å²) < 4.78 is 5.22. The predicted octanol–water partition coefficient (Wildman–Crippen LogP) is 2.37. The topological polar surface area (TPSA) is 96.5 Å². The fourth-order valence-electron chi connectivity index (χ4n) is 3.28. The summed E-state index contributed by atoms with van der Waals surface area (Å²) in [4.78, 5) is 29.3. The number of hydrogen-bond donors (Lipinski definition) is 1. The van der Waals surface area contributed by atoms with E-state index in [1.807, 2.05) is 4.90 Å². The molecular formula is C17H25N3O4. The fraction of sp³-hybridized carbons (Fsp3) is 0.765. The lowest BCUT2D eigenvalue weighted by Gasteiger charge is -2.32. The summed E-state index contributed by atoms with van der Waals surface area (Å²) in [7, 11) is 0.